The Kier molecular flexibility index (Phi) is 7.19. The highest BCUT2D eigenvalue weighted by Crippen LogP contribution is 2.17. The molecule has 0 aliphatic carbocycles. The van der Waals surface area contributed by atoms with E-state index in [0.717, 1.165) is 0 Å². The molecule has 0 N–H and O–H groups in total. The minimum Gasteiger partial charge on any atom is -0.444 e. The van der Waals surface area contributed by atoms with E-state index in [0.29, 0.717) is 5.76 Å². The van der Waals surface area contributed by atoms with E-state index in [-0.39, 0.29) is 5.92 Å². The van der Waals surface area contributed by atoms with Gasteiger partial charge in [-0.3, -0.25) is 4.90 Å². The lowest BCUT2D eigenvalue weighted by Crippen LogP contribution is -2.48. The van der Waals surface area contributed by atoms with E-state index >= 15 is 0 Å². The normalized spacial score (nSPS) is 13.6. The lowest BCUT2D eigenvalue weighted by molar-refractivity contribution is -0.146. The molecule has 0 aliphatic rings. The average molecular weight is 297 g/mol. The SMILES string of the molecule is C=C/C=C(\C)OC(=O)[C@H](C(C)C)N(C)C(=O)OC(C)(C)C. The smallest absolute Gasteiger partial charge is 0.410 e. The second kappa shape index (κ2) is 7.86. The van der Waals surface area contributed by atoms with Crippen molar-refractivity contribution in [1.82, 2.24) is 4.90 Å². The maximum atomic E-state index is 12.2. The van der Waals surface area contributed by atoms with Gasteiger partial charge >= 0.3 is 12.1 Å². The number of allylic oxidation sites excluding steroid dienone is 3. The molecule has 0 saturated carbocycles. The van der Waals surface area contributed by atoms with Crippen molar-refractivity contribution in [3.05, 3.63) is 24.5 Å². The number of carbonyl (C=O) groups is 2. The summed E-state index contributed by atoms with van der Waals surface area (Å²) in [7, 11) is 1.53. The molecule has 0 unspecified atom stereocenters. The summed E-state index contributed by atoms with van der Waals surface area (Å²) in [5, 5.41) is 0. The Morgan fingerprint density at radius 3 is 2.14 bits per heavy atom. The van der Waals surface area contributed by atoms with Crippen LogP contribution in [0.3, 0.4) is 0 Å². The third kappa shape index (κ3) is 6.97. The summed E-state index contributed by atoms with van der Waals surface area (Å²) in [4.78, 5) is 25.6. The number of hydrogen-bond acceptors (Lipinski definition) is 4. The molecule has 0 aromatic heterocycles. The first-order valence-corrected chi connectivity index (χ1v) is 6.96. The zero-order valence-electron chi connectivity index (χ0n) is 14.1. The highest BCUT2D eigenvalue weighted by Gasteiger charge is 2.33. The Morgan fingerprint density at radius 2 is 1.76 bits per heavy atom. The van der Waals surface area contributed by atoms with Crippen LogP contribution in [0.4, 0.5) is 4.79 Å². The van der Waals surface area contributed by atoms with Gasteiger partial charge in [-0.1, -0.05) is 26.5 Å². The van der Waals surface area contributed by atoms with Gasteiger partial charge in [0.15, 0.2) is 0 Å². The van der Waals surface area contributed by atoms with Crippen molar-refractivity contribution in [2.45, 2.75) is 53.2 Å². The van der Waals surface area contributed by atoms with E-state index in [9.17, 15) is 9.59 Å². The summed E-state index contributed by atoms with van der Waals surface area (Å²) in [6, 6.07) is -0.715. The minimum atomic E-state index is -0.715. The Bertz CT molecular complexity index is 418. The number of nitrogens with zero attached hydrogens (tertiary/aromatic N) is 1. The van der Waals surface area contributed by atoms with Gasteiger partial charge in [0.1, 0.15) is 17.4 Å². The summed E-state index contributed by atoms with van der Waals surface area (Å²) < 4.78 is 10.5. The molecule has 0 bridgehead atoms. The van der Waals surface area contributed by atoms with E-state index in [1.165, 1.54) is 18.0 Å². The van der Waals surface area contributed by atoms with Crippen molar-refractivity contribution in [2.24, 2.45) is 5.92 Å². The van der Waals surface area contributed by atoms with Gasteiger partial charge in [-0.15, -0.1) is 0 Å². The molecule has 0 aromatic rings. The van der Waals surface area contributed by atoms with Crippen molar-refractivity contribution < 1.29 is 19.1 Å². The van der Waals surface area contributed by atoms with Crippen LogP contribution >= 0.6 is 0 Å². The summed E-state index contributed by atoms with van der Waals surface area (Å²) in [6.07, 6.45) is 2.57. The average Bonchev–Trinajstić information content (AvgIpc) is 2.25. The number of hydrogen-bond donors (Lipinski definition) is 0. The summed E-state index contributed by atoms with van der Waals surface area (Å²) in [5.41, 5.74) is -0.616. The second-order valence-corrected chi connectivity index (χ2v) is 6.21. The number of likely N-dealkylation sites (N-methyl/N-ethyl adjacent to an activating group) is 1. The van der Waals surface area contributed by atoms with Gasteiger partial charge < -0.3 is 9.47 Å². The number of ether oxygens (including phenoxy) is 2. The quantitative estimate of drug-likeness (QED) is 0.442. The van der Waals surface area contributed by atoms with E-state index in [2.05, 4.69) is 6.58 Å². The van der Waals surface area contributed by atoms with E-state index in [4.69, 9.17) is 9.47 Å². The molecule has 21 heavy (non-hydrogen) atoms. The third-order valence-electron chi connectivity index (χ3n) is 2.59. The van der Waals surface area contributed by atoms with Crippen LogP contribution in [0.1, 0.15) is 41.5 Å². The molecule has 1 amide bonds. The lowest BCUT2D eigenvalue weighted by atomic mass is 10.0. The van der Waals surface area contributed by atoms with Crippen LogP contribution in [0, 0.1) is 5.92 Å². The maximum absolute atomic E-state index is 12.2. The molecule has 1 atom stereocenters. The van der Waals surface area contributed by atoms with E-state index < -0.39 is 23.7 Å². The molecule has 0 aliphatic heterocycles. The monoisotopic (exact) mass is 297 g/mol. The van der Waals surface area contributed by atoms with Gasteiger partial charge in [0.25, 0.3) is 0 Å². The van der Waals surface area contributed by atoms with Crippen LogP contribution in [-0.4, -0.2) is 35.7 Å². The fourth-order valence-electron chi connectivity index (χ4n) is 1.74. The molecule has 0 heterocycles. The Morgan fingerprint density at radius 1 is 1.24 bits per heavy atom. The number of amides is 1. The molecule has 0 fully saturated rings. The van der Waals surface area contributed by atoms with Gasteiger partial charge in [-0.2, -0.15) is 0 Å². The topological polar surface area (TPSA) is 55.8 Å². The first-order chi connectivity index (χ1) is 9.49. The molecular weight excluding hydrogens is 270 g/mol. The van der Waals surface area contributed by atoms with Gasteiger partial charge in [-0.05, 0) is 39.7 Å². The minimum absolute atomic E-state index is 0.105. The number of carbonyl (C=O) groups excluding carboxylic acids is 2. The Labute approximate surface area is 127 Å². The molecule has 0 aromatic carbocycles. The molecule has 0 spiro atoms. The van der Waals surface area contributed by atoms with Crippen molar-refractivity contribution in [3.63, 3.8) is 0 Å². The fourth-order valence-corrected chi connectivity index (χ4v) is 1.74. The van der Waals surface area contributed by atoms with Crippen LogP contribution in [-0.2, 0) is 14.3 Å². The van der Waals surface area contributed by atoms with Crippen molar-refractivity contribution in [1.29, 1.82) is 0 Å². The van der Waals surface area contributed by atoms with Crippen LogP contribution in [0.15, 0.2) is 24.5 Å². The van der Waals surface area contributed by atoms with Gasteiger partial charge in [0, 0.05) is 7.05 Å². The van der Waals surface area contributed by atoms with Gasteiger partial charge in [-0.25, -0.2) is 9.59 Å². The first kappa shape index (κ1) is 19.2. The van der Waals surface area contributed by atoms with Crippen LogP contribution in [0.5, 0.6) is 0 Å². The fraction of sp³-hybridized carbons (Fsp3) is 0.625. The van der Waals surface area contributed by atoms with Crippen molar-refractivity contribution >= 4 is 12.1 Å². The van der Waals surface area contributed by atoms with Crippen LogP contribution in [0.2, 0.25) is 0 Å². The van der Waals surface area contributed by atoms with E-state index in [1.807, 2.05) is 13.8 Å². The standard InChI is InChI=1S/C16H27NO4/c1-9-10-12(4)20-14(18)13(11(2)3)17(8)15(19)21-16(5,6)7/h9-11,13H,1H2,2-8H3/b12-10+/t13-/m0/s1. The predicted molar refractivity (Wildman–Crippen MR) is 82.7 cm³/mol. The highest BCUT2D eigenvalue weighted by molar-refractivity contribution is 5.82. The Balaban J connectivity index is 5.05. The molecule has 120 valence electrons. The summed E-state index contributed by atoms with van der Waals surface area (Å²) in [5.74, 6) is -0.168. The van der Waals surface area contributed by atoms with Gasteiger partial charge in [0.05, 0.1) is 0 Å². The Hall–Kier alpha value is -1.78. The third-order valence-corrected chi connectivity index (χ3v) is 2.59. The largest absolute Gasteiger partial charge is 0.444 e. The lowest BCUT2D eigenvalue weighted by Gasteiger charge is -2.31. The molecule has 0 rings (SSSR count). The van der Waals surface area contributed by atoms with Crippen molar-refractivity contribution in [3.8, 4) is 0 Å². The molecule has 0 saturated heterocycles. The zero-order chi connectivity index (χ0) is 16.8. The highest BCUT2D eigenvalue weighted by atomic mass is 16.6. The van der Waals surface area contributed by atoms with Crippen molar-refractivity contribution in [2.75, 3.05) is 7.05 Å². The number of esters is 1. The van der Waals surface area contributed by atoms with Gasteiger partial charge in [0.2, 0.25) is 0 Å². The molecule has 0 radical (unpaired) electrons. The van der Waals surface area contributed by atoms with E-state index in [1.54, 1.807) is 33.8 Å². The first-order valence-electron chi connectivity index (χ1n) is 6.96. The summed E-state index contributed by atoms with van der Waals surface area (Å²) >= 11 is 0. The molecule has 5 nitrogen and oxygen atoms in total. The zero-order valence-corrected chi connectivity index (χ0v) is 14.1. The van der Waals surface area contributed by atoms with Crippen LogP contribution < -0.4 is 0 Å². The molecular formula is C16H27NO4. The maximum Gasteiger partial charge on any atom is 0.410 e. The number of rotatable bonds is 5. The molecule has 5 heteroatoms. The van der Waals surface area contributed by atoms with Crippen LogP contribution in [0.25, 0.3) is 0 Å². The second-order valence-electron chi connectivity index (χ2n) is 6.21. The predicted octanol–water partition coefficient (Wildman–Crippen LogP) is 3.51. The summed E-state index contributed by atoms with van der Waals surface area (Å²) in [6.45, 7) is 14.2.